The fraction of sp³-hybridized carbons (Fsp3) is 0.385. The molecule has 8 heteroatoms. The lowest BCUT2D eigenvalue weighted by Crippen LogP contribution is -2.26. The summed E-state index contributed by atoms with van der Waals surface area (Å²) in [5.74, 6) is 5.53. The molecule has 1 unspecified atom stereocenters. The summed E-state index contributed by atoms with van der Waals surface area (Å²) in [5.41, 5.74) is 0.801. The van der Waals surface area contributed by atoms with E-state index in [1.165, 1.54) is 11.6 Å². The number of hydrogen-bond donors (Lipinski definition) is 2. The number of aliphatic hydroxyl groups is 1. The second kappa shape index (κ2) is 5.76. The van der Waals surface area contributed by atoms with E-state index in [0.717, 1.165) is 4.90 Å². The number of hydrogen-bond acceptors (Lipinski definition) is 5. The maximum atomic E-state index is 11.0. The van der Waals surface area contributed by atoms with Gasteiger partial charge in [-0.05, 0) is 24.0 Å². The Balaban J connectivity index is 2.41. The monoisotopic (exact) mass is 289 g/mol. The van der Waals surface area contributed by atoms with Gasteiger partial charge in [0, 0.05) is 7.05 Å². The van der Waals surface area contributed by atoms with Crippen molar-refractivity contribution in [1.29, 1.82) is 0 Å². The van der Waals surface area contributed by atoms with Gasteiger partial charge in [0.1, 0.15) is 11.8 Å². The van der Waals surface area contributed by atoms with Crippen molar-refractivity contribution in [3.8, 4) is 11.8 Å². The first kappa shape index (κ1) is 14.7. The second-order valence-electron chi connectivity index (χ2n) is 4.79. The fourth-order valence-corrected chi connectivity index (χ4v) is 1.45. The van der Waals surface area contributed by atoms with Gasteiger partial charge in [-0.15, -0.1) is 10.2 Å². The van der Waals surface area contributed by atoms with E-state index in [1.54, 1.807) is 12.1 Å². The van der Waals surface area contributed by atoms with Crippen LogP contribution in [0.5, 0.6) is 0 Å². The number of carboxylic acid groups (broad SMARTS) is 1. The molecule has 0 aliphatic heterocycles. The van der Waals surface area contributed by atoms with Crippen molar-refractivity contribution >= 4 is 17.7 Å². The Labute approximate surface area is 121 Å². The highest BCUT2D eigenvalue weighted by atomic mass is 16.4. The number of fused-ring (bicyclic) bond motifs is 1. The molecule has 0 radical (unpaired) electrons. The minimum Gasteiger partial charge on any atom is -0.465 e. The van der Waals surface area contributed by atoms with Crippen molar-refractivity contribution in [2.75, 3.05) is 11.9 Å². The zero-order valence-corrected chi connectivity index (χ0v) is 11.8. The fourth-order valence-electron chi connectivity index (χ4n) is 1.45. The minimum absolute atomic E-state index is 0.0184. The molecule has 1 amide bonds. The first-order valence-electron chi connectivity index (χ1n) is 6.29. The Hall–Kier alpha value is -2.66. The summed E-state index contributed by atoms with van der Waals surface area (Å²) in [6, 6.07) is 3.26. The van der Waals surface area contributed by atoms with E-state index >= 15 is 0 Å². The van der Waals surface area contributed by atoms with Gasteiger partial charge in [0.15, 0.2) is 5.65 Å². The van der Waals surface area contributed by atoms with Gasteiger partial charge < -0.3 is 10.2 Å². The lowest BCUT2D eigenvalue weighted by atomic mass is 10.1. The van der Waals surface area contributed by atoms with Crippen LogP contribution in [0.15, 0.2) is 12.1 Å². The molecule has 0 fully saturated rings. The predicted molar refractivity (Wildman–Crippen MR) is 74.9 cm³/mol. The van der Waals surface area contributed by atoms with Gasteiger partial charge in [-0.1, -0.05) is 19.8 Å². The SMILES string of the molecule is CC(C)C(O)C#Cc1ccc2nnc(N(C)C(=O)O)n2n1. The summed E-state index contributed by atoms with van der Waals surface area (Å²) in [7, 11) is 1.35. The molecular weight excluding hydrogens is 274 g/mol. The Morgan fingerprint density at radius 2 is 2.10 bits per heavy atom. The molecule has 0 saturated carbocycles. The van der Waals surface area contributed by atoms with Crippen molar-refractivity contribution in [3.05, 3.63) is 17.8 Å². The zero-order chi connectivity index (χ0) is 15.6. The van der Waals surface area contributed by atoms with Gasteiger partial charge in [0.2, 0.25) is 0 Å². The molecule has 2 heterocycles. The van der Waals surface area contributed by atoms with E-state index in [4.69, 9.17) is 5.11 Å². The average Bonchev–Trinajstić information content (AvgIpc) is 2.86. The average molecular weight is 289 g/mol. The summed E-state index contributed by atoms with van der Waals surface area (Å²) in [6.07, 6.45) is -1.91. The molecule has 1 atom stereocenters. The molecule has 2 N–H and O–H groups in total. The van der Waals surface area contributed by atoms with E-state index in [0.29, 0.717) is 11.3 Å². The Morgan fingerprint density at radius 3 is 2.71 bits per heavy atom. The molecule has 0 spiro atoms. The summed E-state index contributed by atoms with van der Waals surface area (Å²) in [6.45, 7) is 3.71. The summed E-state index contributed by atoms with van der Waals surface area (Å²) < 4.78 is 1.29. The van der Waals surface area contributed by atoms with Gasteiger partial charge in [0.05, 0.1) is 0 Å². The summed E-state index contributed by atoms with van der Waals surface area (Å²) in [5, 5.41) is 30.4. The van der Waals surface area contributed by atoms with Gasteiger partial charge in [-0.3, -0.25) is 0 Å². The first-order chi connectivity index (χ1) is 9.90. The molecule has 0 bridgehead atoms. The molecule has 21 heavy (non-hydrogen) atoms. The van der Waals surface area contributed by atoms with E-state index in [9.17, 15) is 9.90 Å². The van der Waals surface area contributed by atoms with Crippen LogP contribution in [-0.4, -0.2) is 49.3 Å². The Morgan fingerprint density at radius 1 is 1.38 bits per heavy atom. The lowest BCUT2D eigenvalue weighted by Gasteiger charge is -2.09. The smallest absolute Gasteiger partial charge is 0.414 e. The third-order valence-corrected chi connectivity index (χ3v) is 2.81. The number of aromatic nitrogens is 4. The molecule has 2 aromatic rings. The van der Waals surface area contributed by atoms with Crippen molar-refractivity contribution in [2.24, 2.45) is 5.92 Å². The molecule has 8 nitrogen and oxygen atoms in total. The van der Waals surface area contributed by atoms with E-state index in [2.05, 4.69) is 27.1 Å². The van der Waals surface area contributed by atoms with E-state index in [-0.39, 0.29) is 11.9 Å². The van der Waals surface area contributed by atoms with Crippen molar-refractivity contribution in [2.45, 2.75) is 20.0 Å². The number of amides is 1. The highest BCUT2D eigenvalue weighted by Gasteiger charge is 2.16. The van der Waals surface area contributed by atoms with Gasteiger partial charge >= 0.3 is 6.09 Å². The van der Waals surface area contributed by atoms with Crippen LogP contribution in [0.25, 0.3) is 5.65 Å². The van der Waals surface area contributed by atoms with Crippen LogP contribution in [0, 0.1) is 17.8 Å². The zero-order valence-electron chi connectivity index (χ0n) is 11.8. The lowest BCUT2D eigenvalue weighted by molar-refractivity contribution is 0.181. The highest BCUT2D eigenvalue weighted by Crippen LogP contribution is 2.11. The van der Waals surface area contributed by atoms with Crippen LogP contribution in [0.3, 0.4) is 0 Å². The molecule has 0 aromatic carbocycles. The number of rotatable bonds is 2. The first-order valence-corrected chi connectivity index (χ1v) is 6.29. The molecule has 0 saturated heterocycles. The molecule has 110 valence electrons. The summed E-state index contributed by atoms with van der Waals surface area (Å²) >= 11 is 0. The Bertz CT molecular complexity index is 728. The number of carbonyl (C=O) groups is 1. The molecule has 0 aliphatic carbocycles. The topological polar surface area (TPSA) is 104 Å². The minimum atomic E-state index is -1.17. The molecular formula is C13H15N5O3. The predicted octanol–water partition coefficient (Wildman–Crippen LogP) is 0.607. The van der Waals surface area contributed by atoms with Crippen molar-refractivity contribution in [1.82, 2.24) is 19.8 Å². The maximum Gasteiger partial charge on any atom is 0.414 e. The van der Waals surface area contributed by atoms with Crippen LogP contribution in [0.2, 0.25) is 0 Å². The molecule has 2 aromatic heterocycles. The highest BCUT2D eigenvalue weighted by molar-refractivity contribution is 5.83. The van der Waals surface area contributed by atoms with Crippen LogP contribution in [-0.2, 0) is 0 Å². The largest absolute Gasteiger partial charge is 0.465 e. The van der Waals surface area contributed by atoms with Crippen LogP contribution < -0.4 is 4.90 Å². The van der Waals surface area contributed by atoms with E-state index in [1.807, 2.05) is 13.8 Å². The van der Waals surface area contributed by atoms with Gasteiger partial charge in [0.25, 0.3) is 5.95 Å². The molecule has 2 rings (SSSR count). The maximum absolute atomic E-state index is 11.0. The third-order valence-electron chi connectivity index (χ3n) is 2.81. The number of aliphatic hydroxyl groups excluding tert-OH is 1. The standard InChI is InChI=1S/C13H15N5O3/c1-8(2)10(19)6-4-9-5-7-11-14-15-12(18(11)16-9)17(3)13(20)21/h5,7-8,10,19H,1-3H3,(H,20,21). The third kappa shape index (κ3) is 3.09. The van der Waals surface area contributed by atoms with Crippen LogP contribution >= 0.6 is 0 Å². The van der Waals surface area contributed by atoms with Gasteiger partial charge in [-0.2, -0.15) is 9.61 Å². The normalized spacial score (nSPS) is 12.0. The molecule has 0 aliphatic rings. The Kier molecular flexibility index (Phi) is 4.05. The van der Waals surface area contributed by atoms with Crippen LogP contribution in [0.4, 0.5) is 10.7 Å². The van der Waals surface area contributed by atoms with E-state index < -0.39 is 12.2 Å². The summed E-state index contributed by atoms with van der Waals surface area (Å²) in [4.78, 5) is 11.9. The quantitative estimate of drug-likeness (QED) is 0.785. The second-order valence-corrected chi connectivity index (χ2v) is 4.79. The van der Waals surface area contributed by atoms with Gasteiger partial charge in [-0.25, -0.2) is 9.69 Å². The van der Waals surface area contributed by atoms with Crippen molar-refractivity contribution in [3.63, 3.8) is 0 Å². The number of anilines is 1. The van der Waals surface area contributed by atoms with Crippen molar-refractivity contribution < 1.29 is 15.0 Å². The number of nitrogens with zero attached hydrogens (tertiary/aromatic N) is 5. The van der Waals surface area contributed by atoms with Crippen LogP contribution in [0.1, 0.15) is 19.5 Å².